The van der Waals surface area contributed by atoms with Crippen molar-refractivity contribution in [1.82, 2.24) is 5.32 Å². The minimum atomic E-state index is 0.500. The van der Waals surface area contributed by atoms with Gasteiger partial charge in [-0.25, -0.2) is 0 Å². The van der Waals surface area contributed by atoms with Gasteiger partial charge in [0, 0.05) is 13.1 Å². The third-order valence-corrected chi connectivity index (χ3v) is 1.06. The van der Waals surface area contributed by atoms with Gasteiger partial charge in [0.05, 0.1) is 5.84 Å². The Morgan fingerprint density at radius 1 is 1.25 bits per heavy atom. The molecule has 0 fully saturated rings. The summed E-state index contributed by atoms with van der Waals surface area (Å²) in [5, 5.41) is 3.13. The minimum Gasteiger partial charge on any atom is -0.374 e. The van der Waals surface area contributed by atoms with Gasteiger partial charge in [-0.2, -0.15) is 0 Å². The monoisotopic (exact) mass is 170 g/mol. The van der Waals surface area contributed by atoms with Gasteiger partial charge in [-0.3, -0.25) is 4.99 Å². The van der Waals surface area contributed by atoms with Crippen LogP contribution in [0.25, 0.3) is 0 Å². The molecular formula is C10H22N2. The molecule has 0 bridgehead atoms. The molecule has 0 spiro atoms. The molecule has 1 aliphatic heterocycles. The lowest BCUT2D eigenvalue weighted by atomic mass is 10.0. The van der Waals surface area contributed by atoms with Crippen molar-refractivity contribution in [2.45, 2.75) is 41.0 Å². The molecule has 0 aromatic rings. The van der Waals surface area contributed by atoms with Gasteiger partial charge < -0.3 is 5.32 Å². The van der Waals surface area contributed by atoms with E-state index in [1.807, 2.05) is 6.92 Å². The molecule has 0 amide bonds. The molecule has 0 aromatic carbocycles. The summed E-state index contributed by atoms with van der Waals surface area (Å²) in [6.07, 6.45) is 1.19. The van der Waals surface area contributed by atoms with Crippen molar-refractivity contribution in [3.05, 3.63) is 0 Å². The number of nitrogens with zero attached hydrogens (tertiary/aromatic N) is 1. The molecule has 1 aliphatic rings. The molecule has 0 unspecified atom stereocenters. The predicted octanol–water partition coefficient (Wildman–Crippen LogP) is 2.45. The molecule has 0 saturated heterocycles. The largest absolute Gasteiger partial charge is 0.374 e. The van der Waals surface area contributed by atoms with E-state index in [4.69, 9.17) is 0 Å². The summed E-state index contributed by atoms with van der Waals surface area (Å²) >= 11 is 0. The summed E-state index contributed by atoms with van der Waals surface area (Å²) < 4.78 is 0. The molecule has 1 N–H and O–H groups in total. The number of hydrogen-bond acceptors (Lipinski definition) is 2. The second kappa shape index (κ2) is 5.18. The zero-order chi connectivity index (χ0) is 9.61. The fourth-order valence-electron chi connectivity index (χ4n) is 0.651. The van der Waals surface area contributed by atoms with Gasteiger partial charge in [0.25, 0.3) is 0 Å². The number of aliphatic imine (C=N–C) groups is 1. The Balaban J connectivity index is 0.000000217. The van der Waals surface area contributed by atoms with Gasteiger partial charge in [0.1, 0.15) is 0 Å². The highest BCUT2D eigenvalue weighted by molar-refractivity contribution is 5.79. The quantitative estimate of drug-likeness (QED) is 0.593. The van der Waals surface area contributed by atoms with Crippen LogP contribution < -0.4 is 5.32 Å². The first-order valence-electron chi connectivity index (χ1n) is 4.64. The van der Waals surface area contributed by atoms with E-state index in [0.29, 0.717) is 5.41 Å². The van der Waals surface area contributed by atoms with E-state index >= 15 is 0 Å². The third-order valence-electron chi connectivity index (χ3n) is 1.06. The maximum absolute atomic E-state index is 4.14. The van der Waals surface area contributed by atoms with E-state index in [1.165, 1.54) is 6.42 Å². The van der Waals surface area contributed by atoms with Crippen LogP contribution in [-0.4, -0.2) is 18.9 Å². The van der Waals surface area contributed by atoms with Crippen molar-refractivity contribution in [3.63, 3.8) is 0 Å². The van der Waals surface area contributed by atoms with Crippen LogP contribution in [-0.2, 0) is 0 Å². The van der Waals surface area contributed by atoms with Crippen molar-refractivity contribution in [2.24, 2.45) is 10.4 Å². The zero-order valence-corrected chi connectivity index (χ0v) is 9.07. The lowest BCUT2D eigenvalue weighted by Crippen LogP contribution is -2.26. The highest BCUT2D eigenvalue weighted by atomic mass is 15.0. The summed E-state index contributed by atoms with van der Waals surface area (Å²) in [7, 11) is 0. The Morgan fingerprint density at radius 3 is 1.92 bits per heavy atom. The fourth-order valence-corrected chi connectivity index (χ4v) is 0.651. The average molecular weight is 170 g/mol. The third kappa shape index (κ3) is 12.2. The van der Waals surface area contributed by atoms with Crippen LogP contribution in [0.2, 0.25) is 0 Å². The van der Waals surface area contributed by atoms with E-state index < -0.39 is 0 Å². The maximum Gasteiger partial charge on any atom is 0.0931 e. The summed E-state index contributed by atoms with van der Waals surface area (Å²) in [6.45, 7) is 12.9. The van der Waals surface area contributed by atoms with Gasteiger partial charge in [0.15, 0.2) is 0 Å². The topological polar surface area (TPSA) is 24.4 Å². The first kappa shape index (κ1) is 11.5. The number of rotatable bonds is 0. The van der Waals surface area contributed by atoms with Gasteiger partial charge in [0.2, 0.25) is 0 Å². The molecule has 0 aliphatic carbocycles. The maximum atomic E-state index is 4.14. The molecular weight excluding hydrogens is 148 g/mol. The van der Waals surface area contributed by atoms with Crippen LogP contribution >= 0.6 is 0 Å². The van der Waals surface area contributed by atoms with E-state index in [1.54, 1.807) is 0 Å². The SMILES string of the molecule is CC(C)(C)C.CC1=NCCCN1. The lowest BCUT2D eigenvalue weighted by Gasteiger charge is -2.08. The second-order valence-corrected chi connectivity index (χ2v) is 4.75. The van der Waals surface area contributed by atoms with Crippen LogP contribution in [0.15, 0.2) is 4.99 Å². The molecule has 72 valence electrons. The van der Waals surface area contributed by atoms with Gasteiger partial charge in [-0.1, -0.05) is 27.7 Å². The fraction of sp³-hybridized carbons (Fsp3) is 0.900. The molecule has 0 radical (unpaired) electrons. The first-order valence-corrected chi connectivity index (χ1v) is 4.64. The minimum absolute atomic E-state index is 0.500. The molecule has 0 saturated carbocycles. The molecule has 1 rings (SSSR count). The molecule has 2 heteroatoms. The molecule has 0 aromatic heterocycles. The van der Waals surface area contributed by atoms with Gasteiger partial charge in [-0.15, -0.1) is 0 Å². The van der Waals surface area contributed by atoms with E-state index in [0.717, 1.165) is 18.9 Å². The van der Waals surface area contributed by atoms with Crippen molar-refractivity contribution >= 4 is 5.84 Å². The average Bonchev–Trinajstić information content (AvgIpc) is 1.85. The molecule has 0 atom stereocenters. The smallest absolute Gasteiger partial charge is 0.0931 e. The Labute approximate surface area is 76.5 Å². The van der Waals surface area contributed by atoms with Crippen LogP contribution in [0, 0.1) is 5.41 Å². The van der Waals surface area contributed by atoms with Crippen LogP contribution in [0.4, 0.5) is 0 Å². The number of amidine groups is 1. The van der Waals surface area contributed by atoms with E-state index in [2.05, 4.69) is 38.0 Å². The summed E-state index contributed by atoms with van der Waals surface area (Å²) in [4.78, 5) is 4.14. The standard InChI is InChI=1S/C5H10N2.C5H12/c1-5-6-3-2-4-7-5;1-5(2,3)4/h2-4H2,1H3,(H,6,7);1-4H3. The summed E-state index contributed by atoms with van der Waals surface area (Å²) in [6, 6.07) is 0. The van der Waals surface area contributed by atoms with Crippen LogP contribution in [0.5, 0.6) is 0 Å². The Bertz CT molecular complexity index is 136. The van der Waals surface area contributed by atoms with E-state index in [9.17, 15) is 0 Å². The predicted molar refractivity (Wildman–Crippen MR) is 55.7 cm³/mol. The van der Waals surface area contributed by atoms with Gasteiger partial charge >= 0.3 is 0 Å². The highest BCUT2D eigenvalue weighted by Crippen LogP contribution is 2.08. The lowest BCUT2D eigenvalue weighted by molar-refractivity contribution is 0.469. The Hall–Kier alpha value is -0.530. The van der Waals surface area contributed by atoms with E-state index in [-0.39, 0.29) is 0 Å². The highest BCUT2D eigenvalue weighted by Gasteiger charge is 1.95. The van der Waals surface area contributed by atoms with Crippen molar-refractivity contribution in [3.8, 4) is 0 Å². The van der Waals surface area contributed by atoms with Gasteiger partial charge in [-0.05, 0) is 18.8 Å². The van der Waals surface area contributed by atoms with Crippen molar-refractivity contribution in [1.29, 1.82) is 0 Å². The molecule has 12 heavy (non-hydrogen) atoms. The number of hydrogen-bond donors (Lipinski definition) is 1. The zero-order valence-electron chi connectivity index (χ0n) is 9.07. The second-order valence-electron chi connectivity index (χ2n) is 4.75. The van der Waals surface area contributed by atoms with Crippen LogP contribution in [0.1, 0.15) is 41.0 Å². The van der Waals surface area contributed by atoms with Crippen molar-refractivity contribution in [2.75, 3.05) is 13.1 Å². The normalized spacial score (nSPS) is 16.9. The number of nitrogens with one attached hydrogen (secondary N) is 1. The van der Waals surface area contributed by atoms with Crippen molar-refractivity contribution < 1.29 is 0 Å². The summed E-state index contributed by atoms with van der Waals surface area (Å²) in [5.41, 5.74) is 0.500. The Kier molecular flexibility index (Phi) is 4.95. The summed E-state index contributed by atoms with van der Waals surface area (Å²) in [5.74, 6) is 1.09. The molecule has 1 heterocycles. The Morgan fingerprint density at radius 2 is 1.75 bits per heavy atom. The van der Waals surface area contributed by atoms with Crippen LogP contribution in [0.3, 0.4) is 0 Å². The molecule has 2 nitrogen and oxygen atoms in total. The first-order chi connectivity index (χ1) is 5.39.